The molecular formula is C33H37NO10S. The number of allylic oxidation sites excluding steroid dienone is 1. The van der Waals surface area contributed by atoms with Crippen molar-refractivity contribution >= 4 is 38.7 Å². The summed E-state index contributed by atoms with van der Waals surface area (Å²) in [7, 11) is 4.69. The van der Waals surface area contributed by atoms with Crippen LogP contribution in [0.25, 0.3) is 26.1 Å². The summed E-state index contributed by atoms with van der Waals surface area (Å²) in [6, 6.07) is 19.6. The molecule has 1 aromatic heterocycles. The van der Waals surface area contributed by atoms with Crippen LogP contribution in [0, 0.1) is 0 Å². The van der Waals surface area contributed by atoms with Gasteiger partial charge >= 0.3 is 5.97 Å². The van der Waals surface area contributed by atoms with Crippen molar-refractivity contribution in [3.05, 3.63) is 90.0 Å². The molecule has 0 unspecified atom stereocenters. The summed E-state index contributed by atoms with van der Waals surface area (Å²) in [4.78, 5) is 25.2. The van der Waals surface area contributed by atoms with Gasteiger partial charge in [-0.3, -0.25) is 4.79 Å². The lowest BCUT2D eigenvalue weighted by molar-refractivity contribution is -0.113. The summed E-state index contributed by atoms with van der Waals surface area (Å²) in [6.45, 7) is 3.45. The molecule has 240 valence electrons. The SMILES string of the molecule is C=C(C(=O)c1ccc(C(=O)O)cc1)c1cc(-c2cc3ccccc3s2)c(OC)cc1OC.CNC[C@H](O)[C@@H](O)[C@H](O)[C@H](O)CO. The molecule has 0 amide bonds. The van der Waals surface area contributed by atoms with Crippen molar-refractivity contribution in [1.82, 2.24) is 5.32 Å². The Morgan fingerprint density at radius 3 is 2.02 bits per heavy atom. The van der Waals surface area contributed by atoms with Gasteiger partial charge in [0.25, 0.3) is 0 Å². The number of benzene rings is 3. The van der Waals surface area contributed by atoms with E-state index in [0.29, 0.717) is 22.6 Å². The molecule has 0 spiro atoms. The zero-order chi connectivity index (χ0) is 33.3. The first kappa shape index (κ1) is 35.3. The number of carboxylic acid groups (broad SMARTS) is 1. The molecule has 11 nitrogen and oxygen atoms in total. The molecule has 0 saturated carbocycles. The highest BCUT2D eigenvalue weighted by Crippen LogP contribution is 2.43. The maximum Gasteiger partial charge on any atom is 0.335 e. The third kappa shape index (κ3) is 8.53. The van der Waals surface area contributed by atoms with Gasteiger partial charge in [0.05, 0.1) is 32.5 Å². The van der Waals surface area contributed by atoms with Gasteiger partial charge in [0.15, 0.2) is 5.78 Å². The number of methoxy groups -OCH3 is 2. The monoisotopic (exact) mass is 639 g/mol. The number of hydrogen-bond acceptors (Lipinski definition) is 11. The Morgan fingerprint density at radius 2 is 1.47 bits per heavy atom. The average molecular weight is 640 g/mol. The first-order valence-electron chi connectivity index (χ1n) is 13.8. The number of ketones is 1. The molecular weight excluding hydrogens is 602 g/mol. The minimum absolute atomic E-state index is 0.0936. The number of rotatable bonds is 13. The van der Waals surface area contributed by atoms with Crippen molar-refractivity contribution in [2.45, 2.75) is 24.4 Å². The molecule has 4 rings (SSSR count). The molecule has 0 saturated heterocycles. The number of Topliss-reactive ketones (excluding diaryl/α,β-unsaturated/α-hetero) is 1. The van der Waals surface area contributed by atoms with Crippen LogP contribution in [0.4, 0.5) is 0 Å². The molecule has 0 aliphatic carbocycles. The number of nitrogens with one attached hydrogen (secondary N) is 1. The highest BCUT2D eigenvalue weighted by Gasteiger charge is 2.29. The molecule has 0 aliphatic rings. The van der Waals surface area contributed by atoms with E-state index in [2.05, 4.69) is 30.1 Å². The van der Waals surface area contributed by atoms with Crippen molar-refractivity contribution in [1.29, 1.82) is 0 Å². The number of aromatic carboxylic acids is 1. The lowest BCUT2D eigenvalue weighted by Crippen LogP contribution is -2.48. The topological polar surface area (TPSA) is 186 Å². The van der Waals surface area contributed by atoms with E-state index in [9.17, 15) is 14.7 Å². The number of aliphatic hydroxyl groups is 5. The molecule has 45 heavy (non-hydrogen) atoms. The molecule has 7 N–H and O–H groups in total. The van der Waals surface area contributed by atoms with E-state index >= 15 is 0 Å². The lowest BCUT2D eigenvalue weighted by atomic mass is 9.94. The first-order valence-corrected chi connectivity index (χ1v) is 14.6. The van der Waals surface area contributed by atoms with E-state index in [1.165, 1.54) is 31.4 Å². The minimum Gasteiger partial charge on any atom is -0.496 e. The van der Waals surface area contributed by atoms with Crippen molar-refractivity contribution in [2.24, 2.45) is 0 Å². The number of carbonyl (C=O) groups is 2. The van der Waals surface area contributed by atoms with Crippen molar-refractivity contribution in [3.8, 4) is 21.9 Å². The maximum atomic E-state index is 13.1. The van der Waals surface area contributed by atoms with E-state index < -0.39 is 37.0 Å². The van der Waals surface area contributed by atoms with Crippen LogP contribution < -0.4 is 14.8 Å². The van der Waals surface area contributed by atoms with Crippen LogP contribution >= 0.6 is 11.3 Å². The number of aliphatic hydroxyl groups excluding tert-OH is 5. The van der Waals surface area contributed by atoms with Gasteiger partial charge in [-0.15, -0.1) is 11.3 Å². The number of ether oxygens (including phenoxy) is 2. The summed E-state index contributed by atoms with van der Waals surface area (Å²) < 4.78 is 12.3. The molecule has 0 aliphatic heterocycles. The molecule has 3 aromatic carbocycles. The number of likely N-dealkylation sites (N-methyl/N-ethyl adjacent to an activating group) is 1. The fraction of sp³-hybridized carbons (Fsp3) is 0.273. The smallest absolute Gasteiger partial charge is 0.335 e. The quantitative estimate of drug-likeness (QED) is 0.0843. The van der Waals surface area contributed by atoms with Crippen LogP contribution in [0.1, 0.15) is 26.3 Å². The standard InChI is InChI=1S/C26H20O5S.C7H17NO5/c1-15(25(27)16-8-10-17(11-9-16)26(28)29)19-13-20(22(31-3)14-21(19)30-2)24-12-18-6-4-5-7-23(18)32-24;1-8-2-4(10)6(12)7(13)5(11)3-9/h4-14H,1H2,2-3H3,(H,28,29);4-13H,2-3H2,1H3/t;4-,5+,6+,7+/m.0/s1. The Bertz CT molecular complexity index is 1580. The van der Waals surface area contributed by atoms with Gasteiger partial charge in [0.2, 0.25) is 0 Å². The van der Waals surface area contributed by atoms with Gasteiger partial charge in [0.1, 0.15) is 29.8 Å². The second-order valence-corrected chi connectivity index (χ2v) is 11.0. The second-order valence-electron chi connectivity index (χ2n) is 9.95. The fourth-order valence-corrected chi connectivity index (χ4v) is 5.48. The predicted molar refractivity (Wildman–Crippen MR) is 172 cm³/mol. The second kappa shape index (κ2) is 16.3. The van der Waals surface area contributed by atoms with Crippen LogP contribution in [-0.2, 0) is 0 Å². The number of thiophene rings is 1. The average Bonchev–Trinajstić information content (AvgIpc) is 3.50. The van der Waals surface area contributed by atoms with Gasteiger partial charge in [0, 0.05) is 44.5 Å². The predicted octanol–water partition coefficient (Wildman–Crippen LogP) is 2.82. The molecule has 0 bridgehead atoms. The molecule has 0 radical (unpaired) electrons. The normalized spacial score (nSPS) is 13.6. The van der Waals surface area contributed by atoms with Crippen LogP contribution in [0.2, 0.25) is 0 Å². The zero-order valence-electron chi connectivity index (χ0n) is 25.0. The van der Waals surface area contributed by atoms with Crippen molar-refractivity contribution < 1.29 is 49.7 Å². The number of carboxylic acids is 1. The Kier molecular flexibility index (Phi) is 12.8. The Morgan fingerprint density at radius 1 is 0.867 bits per heavy atom. The first-order chi connectivity index (χ1) is 21.5. The van der Waals surface area contributed by atoms with Gasteiger partial charge in [-0.2, -0.15) is 0 Å². The zero-order valence-corrected chi connectivity index (χ0v) is 25.8. The van der Waals surface area contributed by atoms with Crippen LogP contribution in [0.5, 0.6) is 11.5 Å². The number of carbonyl (C=O) groups excluding carboxylic acids is 1. The van der Waals surface area contributed by atoms with Crippen LogP contribution in [-0.4, -0.2) is 101 Å². The minimum atomic E-state index is -1.55. The lowest BCUT2D eigenvalue weighted by Gasteiger charge is -2.25. The van der Waals surface area contributed by atoms with Gasteiger partial charge in [-0.05, 0) is 42.8 Å². The van der Waals surface area contributed by atoms with E-state index in [1.54, 1.807) is 31.6 Å². The number of fused-ring (bicyclic) bond motifs is 1. The third-order valence-electron chi connectivity index (χ3n) is 6.94. The van der Waals surface area contributed by atoms with E-state index in [1.807, 2.05) is 18.2 Å². The summed E-state index contributed by atoms with van der Waals surface area (Å²) in [5, 5.41) is 57.7. The van der Waals surface area contributed by atoms with Crippen LogP contribution in [0.15, 0.2) is 73.3 Å². The van der Waals surface area contributed by atoms with E-state index in [0.717, 1.165) is 20.5 Å². The number of hydrogen-bond donors (Lipinski definition) is 7. The van der Waals surface area contributed by atoms with E-state index in [-0.39, 0.29) is 23.5 Å². The molecule has 12 heteroatoms. The Hall–Kier alpha value is -4.14. The summed E-state index contributed by atoms with van der Waals surface area (Å²) in [5.41, 5.74) is 2.09. The Balaban J connectivity index is 0.000000360. The largest absolute Gasteiger partial charge is 0.496 e. The molecule has 4 aromatic rings. The summed E-state index contributed by atoms with van der Waals surface area (Å²) >= 11 is 1.63. The van der Waals surface area contributed by atoms with Gasteiger partial charge < -0.3 is 45.4 Å². The van der Waals surface area contributed by atoms with Crippen molar-refractivity contribution in [2.75, 3.05) is 34.4 Å². The fourth-order valence-electron chi connectivity index (χ4n) is 4.40. The van der Waals surface area contributed by atoms with E-state index in [4.69, 9.17) is 35.0 Å². The van der Waals surface area contributed by atoms with Gasteiger partial charge in [-0.25, -0.2) is 4.79 Å². The van der Waals surface area contributed by atoms with Gasteiger partial charge in [-0.1, -0.05) is 36.9 Å². The highest BCUT2D eigenvalue weighted by atomic mass is 32.1. The Labute approximate surface area is 264 Å². The molecule has 4 atom stereocenters. The highest BCUT2D eigenvalue weighted by molar-refractivity contribution is 7.22. The van der Waals surface area contributed by atoms with Crippen LogP contribution in [0.3, 0.4) is 0 Å². The maximum absolute atomic E-state index is 13.1. The summed E-state index contributed by atoms with van der Waals surface area (Å²) in [5.74, 6) is -0.268. The third-order valence-corrected chi connectivity index (χ3v) is 8.09. The molecule has 1 heterocycles. The molecule has 0 fully saturated rings. The van der Waals surface area contributed by atoms with Crippen molar-refractivity contribution in [3.63, 3.8) is 0 Å². The summed E-state index contributed by atoms with van der Waals surface area (Å²) in [6.07, 6.45) is -5.65.